The molecular weight excluding hydrogens is 318 g/mol. The third-order valence-corrected chi connectivity index (χ3v) is 6.37. The maximum Gasteiger partial charge on any atom is 0.268 e. The summed E-state index contributed by atoms with van der Waals surface area (Å²) in [5.41, 5.74) is 1.64. The predicted octanol–water partition coefficient (Wildman–Crippen LogP) is 3.83. The van der Waals surface area contributed by atoms with E-state index in [9.17, 15) is 4.79 Å². The SMILES string of the molecule is CC1(C)CC2CC(C)(CN2Cn2nc(-c3cccs3)ccc2=O)C1. The van der Waals surface area contributed by atoms with Gasteiger partial charge in [0.05, 0.1) is 11.5 Å². The fraction of sp³-hybridized carbons (Fsp3) is 0.579. The molecule has 4 rings (SSSR count). The van der Waals surface area contributed by atoms with E-state index in [1.807, 2.05) is 23.6 Å². The second kappa shape index (κ2) is 5.53. The minimum atomic E-state index is -0.0128. The number of thiophene rings is 1. The summed E-state index contributed by atoms with van der Waals surface area (Å²) in [6.45, 7) is 8.83. The molecule has 0 spiro atoms. The van der Waals surface area contributed by atoms with E-state index >= 15 is 0 Å². The first-order valence-electron chi connectivity index (χ1n) is 8.70. The van der Waals surface area contributed by atoms with Crippen molar-refractivity contribution in [3.05, 3.63) is 40.0 Å². The van der Waals surface area contributed by atoms with Gasteiger partial charge in [0.2, 0.25) is 0 Å². The van der Waals surface area contributed by atoms with Gasteiger partial charge in [-0.1, -0.05) is 26.8 Å². The number of likely N-dealkylation sites (tertiary alicyclic amines) is 1. The molecule has 2 aliphatic rings. The van der Waals surface area contributed by atoms with E-state index in [2.05, 4.69) is 30.8 Å². The average molecular weight is 343 g/mol. The molecule has 2 unspecified atom stereocenters. The summed E-state index contributed by atoms with van der Waals surface area (Å²) in [5.74, 6) is 0. The van der Waals surface area contributed by atoms with E-state index < -0.39 is 0 Å². The molecule has 3 heterocycles. The van der Waals surface area contributed by atoms with Gasteiger partial charge in [0.15, 0.2) is 0 Å². The quantitative estimate of drug-likeness (QED) is 0.850. The van der Waals surface area contributed by atoms with E-state index in [0.29, 0.717) is 23.5 Å². The average Bonchev–Trinajstić information content (AvgIpc) is 3.07. The first-order chi connectivity index (χ1) is 11.3. The Kier molecular flexibility index (Phi) is 3.69. The molecule has 128 valence electrons. The van der Waals surface area contributed by atoms with Crippen molar-refractivity contribution in [1.29, 1.82) is 0 Å². The Morgan fingerprint density at radius 2 is 2.08 bits per heavy atom. The molecule has 1 aliphatic carbocycles. The van der Waals surface area contributed by atoms with E-state index in [1.165, 1.54) is 19.3 Å². The van der Waals surface area contributed by atoms with E-state index in [1.54, 1.807) is 22.1 Å². The molecule has 0 aromatic carbocycles. The minimum absolute atomic E-state index is 0.0128. The molecule has 2 aromatic heterocycles. The largest absolute Gasteiger partial charge is 0.281 e. The maximum absolute atomic E-state index is 12.3. The lowest BCUT2D eigenvalue weighted by atomic mass is 9.65. The Labute approximate surface area is 147 Å². The highest BCUT2D eigenvalue weighted by Gasteiger charge is 2.49. The van der Waals surface area contributed by atoms with Crippen LogP contribution in [0, 0.1) is 10.8 Å². The smallest absolute Gasteiger partial charge is 0.268 e. The van der Waals surface area contributed by atoms with Crippen LogP contribution >= 0.6 is 11.3 Å². The van der Waals surface area contributed by atoms with Crippen molar-refractivity contribution in [2.24, 2.45) is 10.8 Å². The zero-order chi connectivity index (χ0) is 16.9. The van der Waals surface area contributed by atoms with Gasteiger partial charge in [-0.2, -0.15) is 5.10 Å². The topological polar surface area (TPSA) is 38.1 Å². The van der Waals surface area contributed by atoms with Gasteiger partial charge in [-0.15, -0.1) is 11.3 Å². The van der Waals surface area contributed by atoms with Crippen molar-refractivity contribution in [3.8, 4) is 10.6 Å². The molecule has 2 aromatic rings. The van der Waals surface area contributed by atoms with Crippen LogP contribution in [0.1, 0.15) is 40.0 Å². The highest BCUT2D eigenvalue weighted by molar-refractivity contribution is 7.13. The Morgan fingerprint density at radius 1 is 1.25 bits per heavy atom. The third-order valence-electron chi connectivity index (χ3n) is 5.48. The van der Waals surface area contributed by atoms with Gasteiger partial charge in [-0.05, 0) is 47.6 Å². The van der Waals surface area contributed by atoms with Gasteiger partial charge in [-0.25, -0.2) is 4.68 Å². The standard InChI is InChI=1S/C19H25N3OS/c1-18(2)9-14-10-19(3,11-18)12-21(14)13-22-17(23)7-6-15(20-22)16-5-4-8-24-16/h4-8,14H,9-13H2,1-3H3. The van der Waals surface area contributed by atoms with E-state index in [4.69, 9.17) is 0 Å². The molecule has 2 fully saturated rings. The zero-order valence-electron chi connectivity index (χ0n) is 14.7. The van der Waals surface area contributed by atoms with Crippen LogP contribution in [0.3, 0.4) is 0 Å². The second-order valence-corrected chi connectivity index (χ2v) is 9.58. The molecule has 2 bridgehead atoms. The summed E-state index contributed by atoms with van der Waals surface area (Å²) in [6, 6.07) is 8.11. The summed E-state index contributed by atoms with van der Waals surface area (Å²) in [7, 11) is 0. The molecule has 1 saturated heterocycles. The highest BCUT2D eigenvalue weighted by Crippen LogP contribution is 2.52. The zero-order valence-corrected chi connectivity index (χ0v) is 15.5. The lowest BCUT2D eigenvalue weighted by Crippen LogP contribution is -2.38. The molecular formula is C19H25N3OS. The molecule has 4 nitrogen and oxygen atoms in total. The monoisotopic (exact) mass is 343 g/mol. The van der Waals surface area contributed by atoms with Gasteiger partial charge in [-0.3, -0.25) is 9.69 Å². The number of fused-ring (bicyclic) bond motifs is 2. The van der Waals surface area contributed by atoms with E-state index in [0.717, 1.165) is 17.1 Å². The van der Waals surface area contributed by atoms with Crippen molar-refractivity contribution in [2.75, 3.05) is 6.54 Å². The van der Waals surface area contributed by atoms with Gasteiger partial charge >= 0.3 is 0 Å². The molecule has 0 radical (unpaired) electrons. The van der Waals surface area contributed by atoms with Crippen molar-refractivity contribution in [2.45, 2.75) is 52.7 Å². The first-order valence-corrected chi connectivity index (χ1v) is 9.58. The Hall–Kier alpha value is -1.46. The molecule has 1 aliphatic heterocycles. The number of nitrogens with zero attached hydrogens (tertiary/aromatic N) is 3. The maximum atomic E-state index is 12.3. The Bertz CT molecular complexity index is 795. The van der Waals surface area contributed by atoms with Crippen LogP contribution < -0.4 is 5.56 Å². The predicted molar refractivity (Wildman–Crippen MR) is 98.0 cm³/mol. The van der Waals surface area contributed by atoms with Crippen LogP contribution in [-0.4, -0.2) is 27.3 Å². The van der Waals surface area contributed by atoms with Crippen molar-refractivity contribution >= 4 is 11.3 Å². The van der Waals surface area contributed by atoms with Crippen LogP contribution in [0.15, 0.2) is 34.4 Å². The van der Waals surface area contributed by atoms with Crippen LogP contribution in [0.5, 0.6) is 0 Å². The molecule has 0 amide bonds. The van der Waals surface area contributed by atoms with Crippen LogP contribution in [0.4, 0.5) is 0 Å². The number of hydrogen-bond donors (Lipinski definition) is 0. The van der Waals surface area contributed by atoms with Gasteiger partial charge < -0.3 is 0 Å². The van der Waals surface area contributed by atoms with Crippen LogP contribution in [0.2, 0.25) is 0 Å². The third kappa shape index (κ3) is 2.95. The number of hydrogen-bond acceptors (Lipinski definition) is 4. The molecule has 1 saturated carbocycles. The lowest BCUT2D eigenvalue weighted by molar-refractivity contribution is 0.119. The summed E-state index contributed by atoms with van der Waals surface area (Å²) >= 11 is 1.66. The van der Waals surface area contributed by atoms with Crippen molar-refractivity contribution in [3.63, 3.8) is 0 Å². The summed E-state index contributed by atoms with van der Waals surface area (Å²) < 4.78 is 1.64. The Morgan fingerprint density at radius 3 is 2.83 bits per heavy atom. The van der Waals surface area contributed by atoms with E-state index in [-0.39, 0.29) is 5.56 Å². The fourth-order valence-electron chi connectivity index (χ4n) is 5.02. The van der Waals surface area contributed by atoms with Gasteiger partial charge in [0, 0.05) is 18.7 Å². The van der Waals surface area contributed by atoms with Crippen molar-refractivity contribution < 1.29 is 0 Å². The summed E-state index contributed by atoms with van der Waals surface area (Å²) in [6.07, 6.45) is 3.72. The lowest BCUT2D eigenvalue weighted by Gasteiger charge is -2.39. The second-order valence-electron chi connectivity index (χ2n) is 8.64. The first kappa shape index (κ1) is 16.0. The molecule has 2 atom stereocenters. The van der Waals surface area contributed by atoms with Gasteiger partial charge in [0.1, 0.15) is 5.69 Å². The van der Waals surface area contributed by atoms with Crippen LogP contribution in [-0.2, 0) is 6.67 Å². The number of aromatic nitrogens is 2. The normalized spacial score (nSPS) is 29.0. The van der Waals surface area contributed by atoms with Crippen molar-refractivity contribution in [1.82, 2.24) is 14.7 Å². The summed E-state index contributed by atoms with van der Waals surface area (Å²) in [4.78, 5) is 15.9. The Balaban J connectivity index is 1.60. The molecule has 0 N–H and O–H groups in total. The minimum Gasteiger partial charge on any atom is -0.281 e. The highest BCUT2D eigenvalue weighted by atomic mass is 32.1. The molecule has 24 heavy (non-hydrogen) atoms. The fourth-order valence-corrected chi connectivity index (χ4v) is 5.71. The van der Waals surface area contributed by atoms with Gasteiger partial charge in [0.25, 0.3) is 5.56 Å². The molecule has 5 heteroatoms. The van der Waals surface area contributed by atoms with Crippen LogP contribution in [0.25, 0.3) is 10.6 Å². The number of rotatable bonds is 3. The summed E-state index contributed by atoms with van der Waals surface area (Å²) in [5, 5.41) is 6.67.